The molecule has 0 saturated carbocycles. The molecule has 3 heterocycles. The number of rotatable bonds is 10. The van der Waals surface area contributed by atoms with Crippen molar-refractivity contribution in [3.63, 3.8) is 0 Å². The lowest BCUT2D eigenvalue weighted by molar-refractivity contribution is -0.122. The SMILES string of the molecule is Cc1cc(C)c2cccc(OCc3c(C)ccc(N(C)C(=O)CNC(=O)/C=C/c4ccc(/C=C/c5cccnc5)nc4)c3C)c2n1. The number of para-hydroxylation sites is 1. The number of carbonyl (C=O) groups excluding carboxylic acids is 2. The number of amides is 2. The molecule has 2 amide bonds. The molecule has 0 fully saturated rings. The first-order valence-electron chi connectivity index (χ1n) is 15.0. The largest absolute Gasteiger partial charge is 0.487 e. The molecule has 0 spiro atoms. The molecule has 46 heavy (non-hydrogen) atoms. The molecule has 0 unspecified atom stereocenters. The molecular formula is C38H37N5O3. The number of fused-ring (bicyclic) bond motifs is 1. The molecule has 8 nitrogen and oxygen atoms in total. The Labute approximate surface area is 269 Å². The van der Waals surface area contributed by atoms with E-state index in [9.17, 15) is 9.59 Å². The average molecular weight is 612 g/mol. The van der Waals surface area contributed by atoms with Crippen LogP contribution in [0.3, 0.4) is 0 Å². The van der Waals surface area contributed by atoms with Gasteiger partial charge in [0.15, 0.2) is 0 Å². The quantitative estimate of drug-likeness (QED) is 0.175. The zero-order chi connectivity index (χ0) is 32.6. The fourth-order valence-electron chi connectivity index (χ4n) is 5.20. The van der Waals surface area contributed by atoms with Gasteiger partial charge in [-0.05, 0) is 104 Å². The van der Waals surface area contributed by atoms with Gasteiger partial charge in [0.05, 0.1) is 12.2 Å². The van der Waals surface area contributed by atoms with Crippen molar-refractivity contribution in [3.8, 4) is 5.75 Å². The summed E-state index contributed by atoms with van der Waals surface area (Å²) in [5.74, 6) is 0.112. The summed E-state index contributed by atoms with van der Waals surface area (Å²) in [5, 5.41) is 3.75. The Morgan fingerprint density at radius 1 is 0.891 bits per heavy atom. The van der Waals surface area contributed by atoms with Crippen molar-refractivity contribution < 1.29 is 14.3 Å². The van der Waals surface area contributed by atoms with Crippen LogP contribution in [0, 0.1) is 27.7 Å². The standard InChI is InChI=1S/C38H37N5O3/c1-25-11-17-34(28(4)33(25)24-46-35-10-6-9-32-26(2)20-27(3)42-38(32)35)43(5)37(45)23-41-36(44)18-14-30-13-16-31(40-22-30)15-12-29-8-7-19-39-21-29/h6-22H,23-24H2,1-5H3,(H,41,44)/b15-12+,18-14+. The molecule has 3 aromatic heterocycles. The van der Waals surface area contributed by atoms with Gasteiger partial charge in [0, 0.05) is 48.5 Å². The number of nitrogens with zero attached hydrogens (tertiary/aromatic N) is 4. The summed E-state index contributed by atoms with van der Waals surface area (Å²) < 4.78 is 6.31. The number of ether oxygens (including phenoxy) is 1. The monoisotopic (exact) mass is 611 g/mol. The second kappa shape index (κ2) is 14.4. The molecule has 232 valence electrons. The van der Waals surface area contributed by atoms with Crippen LogP contribution in [-0.4, -0.2) is 40.4 Å². The Balaban J connectivity index is 1.18. The minimum atomic E-state index is -0.369. The van der Waals surface area contributed by atoms with Crippen molar-refractivity contribution in [2.24, 2.45) is 0 Å². The Hall–Kier alpha value is -5.63. The van der Waals surface area contributed by atoms with Crippen molar-refractivity contribution in [2.75, 3.05) is 18.5 Å². The first kappa shape index (κ1) is 31.8. The van der Waals surface area contributed by atoms with E-state index < -0.39 is 0 Å². The van der Waals surface area contributed by atoms with Crippen molar-refractivity contribution in [1.82, 2.24) is 20.3 Å². The van der Waals surface area contributed by atoms with E-state index in [2.05, 4.69) is 34.3 Å². The van der Waals surface area contributed by atoms with E-state index in [-0.39, 0.29) is 18.4 Å². The summed E-state index contributed by atoms with van der Waals surface area (Å²) in [6, 6.07) is 19.5. The van der Waals surface area contributed by atoms with Gasteiger partial charge < -0.3 is 15.0 Å². The number of likely N-dealkylation sites (N-methyl/N-ethyl adjacent to an activating group) is 1. The van der Waals surface area contributed by atoms with Crippen LogP contribution in [0.25, 0.3) is 29.1 Å². The number of carbonyl (C=O) groups is 2. The van der Waals surface area contributed by atoms with Gasteiger partial charge in [0.25, 0.3) is 0 Å². The highest BCUT2D eigenvalue weighted by Gasteiger charge is 2.17. The van der Waals surface area contributed by atoms with Gasteiger partial charge in [-0.2, -0.15) is 0 Å². The molecule has 0 radical (unpaired) electrons. The highest BCUT2D eigenvalue weighted by molar-refractivity contribution is 5.99. The van der Waals surface area contributed by atoms with Gasteiger partial charge in [0.1, 0.15) is 17.9 Å². The number of aromatic nitrogens is 3. The van der Waals surface area contributed by atoms with E-state index in [1.54, 1.807) is 36.6 Å². The first-order valence-corrected chi connectivity index (χ1v) is 15.0. The fourth-order valence-corrected chi connectivity index (χ4v) is 5.20. The van der Waals surface area contributed by atoms with Gasteiger partial charge in [-0.25, -0.2) is 4.98 Å². The maximum atomic E-state index is 13.1. The lowest BCUT2D eigenvalue weighted by Crippen LogP contribution is -2.38. The second-order valence-electron chi connectivity index (χ2n) is 11.2. The molecule has 0 atom stereocenters. The minimum absolute atomic E-state index is 0.143. The maximum Gasteiger partial charge on any atom is 0.246 e. The summed E-state index contributed by atoms with van der Waals surface area (Å²) in [6.07, 6.45) is 12.1. The number of benzene rings is 2. The normalized spacial score (nSPS) is 11.3. The predicted octanol–water partition coefficient (Wildman–Crippen LogP) is 6.80. The van der Waals surface area contributed by atoms with Gasteiger partial charge in [-0.15, -0.1) is 0 Å². The van der Waals surface area contributed by atoms with Crippen molar-refractivity contribution in [2.45, 2.75) is 34.3 Å². The van der Waals surface area contributed by atoms with Crippen LogP contribution in [-0.2, 0) is 16.2 Å². The Morgan fingerprint density at radius 2 is 1.72 bits per heavy atom. The summed E-state index contributed by atoms with van der Waals surface area (Å²) in [5.41, 5.74) is 9.23. The summed E-state index contributed by atoms with van der Waals surface area (Å²) >= 11 is 0. The molecule has 0 bridgehead atoms. The van der Waals surface area contributed by atoms with E-state index in [0.29, 0.717) is 6.61 Å². The number of aryl methyl sites for hydroxylation is 3. The Morgan fingerprint density at radius 3 is 2.48 bits per heavy atom. The van der Waals surface area contributed by atoms with Crippen LogP contribution >= 0.6 is 0 Å². The molecule has 0 aliphatic heterocycles. The third kappa shape index (κ3) is 7.71. The lowest BCUT2D eigenvalue weighted by atomic mass is 10.0. The predicted molar refractivity (Wildman–Crippen MR) is 184 cm³/mol. The molecule has 5 aromatic rings. The van der Waals surface area contributed by atoms with E-state index in [0.717, 1.165) is 67.1 Å². The average Bonchev–Trinajstić information content (AvgIpc) is 3.06. The molecule has 1 N–H and O–H groups in total. The number of nitrogens with one attached hydrogen (secondary N) is 1. The summed E-state index contributed by atoms with van der Waals surface area (Å²) in [6.45, 7) is 8.25. The Kier molecular flexibility index (Phi) is 9.97. The molecule has 0 aliphatic carbocycles. The zero-order valence-corrected chi connectivity index (χ0v) is 26.7. The van der Waals surface area contributed by atoms with Crippen LogP contribution in [0.5, 0.6) is 5.75 Å². The van der Waals surface area contributed by atoms with Crippen molar-refractivity contribution in [3.05, 3.63) is 130 Å². The summed E-state index contributed by atoms with van der Waals surface area (Å²) in [4.78, 5) is 40.4. The van der Waals surface area contributed by atoms with E-state index >= 15 is 0 Å². The van der Waals surface area contributed by atoms with E-state index in [1.807, 2.05) is 81.5 Å². The van der Waals surface area contributed by atoms with Crippen LogP contribution in [0.2, 0.25) is 0 Å². The van der Waals surface area contributed by atoms with Gasteiger partial charge >= 0.3 is 0 Å². The van der Waals surface area contributed by atoms with Crippen LogP contribution < -0.4 is 15.0 Å². The lowest BCUT2D eigenvalue weighted by Gasteiger charge is -2.23. The maximum absolute atomic E-state index is 13.1. The molecule has 8 heteroatoms. The highest BCUT2D eigenvalue weighted by atomic mass is 16.5. The van der Waals surface area contributed by atoms with Gasteiger partial charge in [-0.1, -0.05) is 36.4 Å². The van der Waals surface area contributed by atoms with Crippen LogP contribution in [0.4, 0.5) is 5.69 Å². The Bertz CT molecular complexity index is 1930. The molecule has 5 rings (SSSR count). The van der Waals surface area contributed by atoms with Gasteiger partial charge in [-0.3, -0.25) is 19.6 Å². The fraction of sp³-hybridized carbons (Fsp3) is 0.184. The van der Waals surface area contributed by atoms with E-state index in [4.69, 9.17) is 9.72 Å². The molecular weight excluding hydrogens is 574 g/mol. The topological polar surface area (TPSA) is 97.3 Å². The van der Waals surface area contributed by atoms with E-state index in [1.165, 1.54) is 6.08 Å². The van der Waals surface area contributed by atoms with Crippen LogP contribution in [0.15, 0.2) is 85.3 Å². The third-order valence-electron chi connectivity index (χ3n) is 7.83. The second-order valence-corrected chi connectivity index (χ2v) is 11.2. The molecule has 2 aromatic carbocycles. The number of hydrogen-bond donors (Lipinski definition) is 1. The molecule has 0 saturated heterocycles. The van der Waals surface area contributed by atoms with Crippen LogP contribution in [0.1, 0.15) is 44.8 Å². The number of hydrogen-bond acceptors (Lipinski definition) is 6. The van der Waals surface area contributed by atoms with Gasteiger partial charge in [0.2, 0.25) is 11.8 Å². The zero-order valence-electron chi connectivity index (χ0n) is 26.7. The third-order valence-corrected chi connectivity index (χ3v) is 7.83. The first-order chi connectivity index (χ1) is 22.2. The number of anilines is 1. The van der Waals surface area contributed by atoms with Crippen molar-refractivity contribution in [1.29, 1.82) is 0 Å². The van der Waals surface area contributed by atoms with Crippen molar-refractivity contribution >= 4 is 46.6 Å². The summed E-state index contributed by atoms with van der Waals surface area (Å²) in [7, 11) is 1.71. The highest BCUT2D eigenvalue weighted by Crippen LogP contribution is 2.30. The molecule has 0 aliphatic rings. The number of pyridine rings is 3. The minimum Gasteiger partial charge on any atom is -0.487 e. The smallest absolute Gasteiger partial charge is 0.246 e.